The van der Waals surface area contributed by atoms with Gasteiger partial charge < -0.3 is 5.32 Å². The molecule has 0 aromatic heterocycles. The molecule has 1 N–H and O–H groups in total. The monoisotopic (exact) mass is 443 g/mol. The lowest BCUT2D eigenvalue weighted by Gasteiger charge is -2.36. The van der Waals surface area contributed by atoms with E-state index in [1.54, 1.807) is 12.1 Å². The number of carbonyl (C=O) groups is 1. The first-order valence-electron chi connectivity index (χ1n) is 10.9. The molecule has 1 aliphatic heterocycles. The summed E-state index contributed by atoms with van der Waals surface area (Å²) >= 11 is 0. The van der Waals surface area contributed by atoms with Crippen LogP contribution >= 0.6 is 0 Å². The van der Waals surface area contributed by atoms with Crippen LogP contribution in [0.3, 0.4) is 0 Å². The predicted molar refractivity (Wildman–Crippen MR) is 125 cm³/mol. The van der Waals surface area contributed by atoms with Gasteiger partial charge in [0.05, 0.1) is 10.9 Å². The van der Waals surface area contributed by atoms with Gasteiger partial charge in [0.1, 0.15) is 0 Å². The van der Waals surface area contributed by atoms with E-state index in [0.29, 0.717) is 37.0 Å². The molecule has 2 aromatic carbocycles. The van der Waals surface area contributed by atoms with E-state index < -0.39 is 10.0 Å². The highest BCUT2D eigenvalue weighted by Crippen LogP contribution is 2.27. The van der Waals surface area contributed by atoms with Crippen molar-refractivity contribution >= 4 is 21.6 Å². The van der Waals surface area contributed by atoms with E-state index in [2.05, 4.69) is 25.2 Å². The summed E-state index contributed by atoms with van der Waals surface area (Å²) in [6.45, 7) is 9.89. The Hall–Kier alpha value is -2.22. The van der Waals surface area contributed by atoms with E-state index in [0.717, 1.165) is 23.2 Å². The van der Waals surface area contributed by atoms with Crippen molar-refractivity contribution in [1.82, 2.24) is 9.21 Å². The van der Waals surface area contributed by atoms with Crippen LogP contribution in [0.15, 0.2) is 53.4 Å². The fourth-order valence-electron chi connectivity index (χ4n) is 3.85. The molecule has 0 unspecified atom stereocenters. The average molecular weight is 444 g/mol. The predicted octanol–water partition coefficient (Wildman–Crippen LogP) is 3.84. The van der Waals surface area contributed by atoms with Gasteiger partial charge in [0, 0.05) is 31.9 Å². The van der Waals surface area contributed by atoms with Crippen LogP contribution < -0.4 is 5.32 Å². The molecule has 6 nitrogen and oxygen atoms in total. The zero-order valence-electron chi connectivity index (χ0n) is 18.8. The molecule has 0 aliphatic carbocycles. The molecule has 31 heavy (non-hydrogen) atoms. The number of hydrogen-bond donors (Lipinski definition) is 1. The molecule has 2 atom stereocenters. The molecule has 1 aliphatic rings. The maximum absolute atomic E-state index is 12.9. The van der Waals surface area contributed by atoms with Gasteiger partial charge in [0.15, 0.2) is 0 Å². The third-order valence-electron chi connectivity index (χ3n) is 6.22. The van der Waals surface area contributed by atoms with Crippen molar-refractivity contribution in [3.8, 4) is 0 Å². The summed E-state index contributed by atoms with van der Waals surface area (Å²) < 4.78 is 27.3. The molecule has 1 fully saturated rings. The van der Waals surface area contributed by atoms with E-state index in [1.807, 2.05) is 49.1 Å². The average Bonchev–Trinajstić information content (AvgIpc) is 2.78. The Balaban J connectivity index is 1.62. The number of rotatable bonds is 7. The molecule has 3 rings (SSSR count). The fourth-order valence-corrected chi connectivity index (χ4v) is 5.28. The number of aryl methyl sites for hydroxylation is 1. The molecule has 1 heterocycles. The lowest BCUT2D eigenvalue weighted by Crippen LogP contribution is -2.53. The molecular weight excluding hydrogens is 410 g/mol. The second-order valence-corrected chi connectivity index (χ2v) is 10.3. The maximum atomic E-state index is 12.9. The third kappa shape index (κ3) is 5.34. The van der Waals surface area contributed by atoms with Crippen molar-refractivity contribution in [3.63, 3.8) is 0 Å². The van der Waals surface area contributed by atoms with Gasteiger partial charge in [-0.1, -0.05) is 49.7 Å². The zero-order valence-corrected chi connectivity index (χ0v) is 19.7. The van der Waals surface area contributed by atoms with Gasteiger partial charge >= 0.3 is 0 Å². The van der Waals surface area contributed by atoms with Gasteiger partial charge in [-0.25, -0.2) is 8.42 Å². The SMILES string of the molecule is CC[C@H](C)c1ccccc1NC(=O)[C@H](C)N1CCN(S(=O)(=O)c2ccc(C)cc2)CC1. The van der Waals surface area contributed by atoms with Crippen molar-refractivity contribution < 1.29 is 13.2 Å². The Kier molecular flexibility index (Phi) is 7.51. The first-order chi connectivity index (χ1) is 14.7. The van der Waals surface area contributed by atoms with Gasteiger partial charge in [0.2, 0.25) is 15.9 Å². The Labute approximate surface area is 186 Å². The molecule has 0 bridgehead atoms. The molecule has 2 aromatic rings. The molecular formula is C24H33N3O3S. The van der Waals surface area contributed by atoms with Gasteiger partial charge in [-0.05, 0) is 49.9 Å². The van der Waals surface area contributed by atoms with Crippen molar-refractivity contribution in [2.75, 3.05) is 31.5 Å². The number of carbonyl (C=O) groups excluding carboxylic acids is 1. The van der Waals surface area contributed by atoms with Crippen molar-refractivity contribution in [1.29, 1.82) is 0 Å². The molecule has 1 saturated heterocycles. The van der Waals surface area contributed by atoms with Crippen LogP contribution in [0.5, 0.6) is 0 Å². The Morgan fingerprint density at radius 1 is 1.00 bits per heavy atom. The van der Waals surface area contributed by atoms with Crippen molar-refractivity contribution in [2.24, 2.45) is 0 Å². The molecule has 0 radical (unpaired) electrons. The van der Waals surface area contributed by atoms with Gasteiger partial charge in [-0.2, -0.15) is 4.31 Å². The fraction of sp³-hybridized carbons (Fsp3) is 0.458. The highest BCUT2D eigenvalue weighted by Gasteiger charge is 2.32. The largest absolute Gasteiger partial charge is 0.324 e. The smallest absolute Gasteiger partial charge is 0.243 e. The van der Waals surface area contributed by atoms with Crippen LogP contribution in [-0.2, 0) is 14.8 Å². The summed E-state index contributed by atoms with van der Waals surface area (Å²) in [7, 11) is -3.51. The summed E-state index contributed by atoms with van der Waals surface area (Å²) in [4.78, 5) is 15.3. The summed E-state index contributed by atoms with van der Waals surface area (Å²) in [5.41, 5.74) is 3.02. The van der Waals surface area contributed by atoms with Gasteiger partial charge in [-0.3, -0.25) is 9.69 Å². The molecule has 0 spiro atoms. The van der Waals surface area contributed by atoms with Crippen LogP contribution in [0.4, 0.5) is 5.69 Å². The number of hydrogen-bond acceptors (Lipinski definition) is 4. The standard InChI is InChI=1S/C24H33N3O3S/c1-5-19(3)22-8-6-7-9-23(22)25-24(28)20(4)26-14-16-27(17-15-26)31(29,30)21-12-10-18(2)11-13-21/h6-13,19-20H,5,14-17H2,1-4H3,(H,25,28)/t19-,20-/m0/s1. The number of nitrogens with one attached hydrogen (secondary N) is 1. The normalized spacial score (nSPS) is 17.8. The number of benzene rings is 2. The van der Waals surface area contributed by atoms with Crippen LogP contribution in [0.25, 0.3) is 0 Å². The number of piperazine rings is 1. The van der Waals surface area contributed by atoms with Crippen molar-refractivity contribution in [3.05, 3.63) is 59.7 Å². The molecule has 7 heteroatoms. The second kappa shape index (κ2) is 9.94. The minimum absolute atomic E-state index is 0.0643. The Morgan fingerprint density at radius 3 is 2.23 bits per heavy atom. The number of sulfonamides is 1. The van der Waals surface area contributed by atoms with E-state index in [9.17, 15) is 13.2 Å². The lowest BCUT2D eigenvalue weighted by molar-refractivity contribution is -0.121. The zero-order chi connectivity index (χ0) is 22.6. The summed E-state index contributed by atoms with van der Waals surface area (Å²) in [6.07, 6.45) is 1.000. The molecule has 168 valence electrons. The van der Waals surface area contributed by atoms with E-state index in [-0.39, 0.29) is 11.9 Å². The minimum Gasteiger partial charge on any atom is -0.324 e. The van der Waals surface area contributed by atoms with Crippen molar-refractivity contribution in [2.45, 2.75) is 51.0 Å². The van der Waals surface area contributed by atoms with E-state index in [4.69, 9.17) is 0 Å². The molecule has 0 saturated carbocycles. The Bertz CT molecular complexity index is 997. The summed E-state index contributed by atoms with van der Waals surface area (Å²) in [6, 6.07) is 14.5. The van der Waals surface area contributed by atoms with Crippen LogP contribution in [0.2, 0.25) is 0 Å². The van der Waals surface area contributed by atoms with Gasteiger partial charge in [-0.15, -0.1) is 0 Å². The quantitative estimate of drug-likeness (QED) is 0.706. The highest BCUT2D eigenvalue weighted by molar-refractivity contribution is 7.89. The summed E-state index contributed by atoms with van der Waals surface area (Å²) in [5.74, 6) is 0.299. The number of anilines is 1. The van der Waals surface area contributed by atoms with E-state index in [1.165, 1.54) is 4.31 Å². The van der Waals surface area contributed by atoms with Gasteiger partial charge in [0.25, 0.3) is 0 Å². The van der Waals surface area contributed by atoms with Crippen LogP contribution in [0, 0.1) is 6.92 Å². The number of para-hydroxylation sites is 1. The van der Waals surface area contributed by atoms with Crippen LogP contribution in [0.1, 0.15) is 44.2 Å². The number of amides is 1. The Morgan fingerprint density at radius 2 is 1.61 bits per heavy atom. The molecule has 1 amide bonds. The van der Waals surface area contributed by atoms with Crippen LogP contribution in [-0.4, -0.2) is 55.8 Å². The maximum Gasteiger partial charge on any atom is 0.243 e. The second-order valence-electron chi connectivity index (χ2n) is 8.31. The lowest BCUT2D eigenvalue weighted by atomic mass is 9.97. The minimum atomic E-state index is -3.51. The third-order valence-corrected chi connectivity index (χ3v) is 8.13. The first-order valence-corrected chi connectivity index (χ1v) is 12.4. The van der Waals surface area contributed by atoms with E-state index >= 15 is 0 Å². The first kappa shape index (κ1) is 23.4. The number of nitrogens with zero attached hydrogens (tertiary/aromatic N) is 2. The summed E-state index contributed by atoms with van der Waals surface area (Å²) in [5, 5.41) is 3.08. The highest BCUT2D eigenvalue weighted by atomic mass is 32.2. The topological polar surface area (TPSA) is 69.7 Å².